The number of thiophene rings is 1. The molecule has 3 aromatic heterocycles. The molecule has 3 heterocycles. The lowest BCUT2D eigenvalue weighted by Crippen LogP contribution is -2.10. The Bertz CT molecular complexity index is 3480. The highest BCUT2D eigenvalue weighted by Crippen LogP contribution is 2.48. The van der Waals surface area contributed by atoms with Crippen LogP contribution < -0.4 is 4.90 Å². The van der Waals surface area contributed by atoms with Crippen molar-refractivity contribution in [3.63, 3.8) is 0 Å². The van der Waals surface area contributed by atoms with E-state index in [0.717, 1.165) is 55.8 Å². The molecule has 272 valence electrons. The number of hydrogen-bond acceptors (Lipinski definition) is 3. The maximum Gasteiger partial charge on any atom is 0.145 e. The van der Waals surface area contributed by atoms with Gasteiger partial charge in [-0.05, 0) is 90.0 Å². The summed E-state index contributed by atoms with van der Waals surface area (Å²) in [6.07, 6.45) is 0. The minimum atomic E-state index is 0.860. The monoisotopic (exact) mass is 758 g/mol. The van der Waals surface area contributed by atoms with E-state index < -0.39 is 0 Å². The number of para-hydroxylation sites is 5. The van der Waals surface area contributed by atoms with Crippen LogP contribution in [0.3, 0.4) is 0 Å². The zero-order valence-electron chi connectivity index (χ0n) is 31.3. The summed E-state index contributed by atoms with van der Waals surface area (Å²) in [6, 6.07) is 74.3. The molecule has 0 bridgehead atoms. The third-order valence-electron chi connectivity index (χ3n) is 11.6. The van der Waals surface area contributed by atoms with Crippen LogP contribution in [0.2, 0.25) is 0 Å². The Morgan fingerprint density at radius 3 is 1.88 bits per heavy atom. The number of fused-ring (bicyclic) bond motifs is 9. The summed E-state index contributed by atoms with van der Waals surface area (Å²) in [5, 5.41) is 7.23. The molecule has 0 aliphatic heterocycles. The van der Waals surface area contributed by atoms with Crippen LogP contribution in [0.4, 0.5) is 17.1 Å². The molecule has 12 aromatic rings. The Morgan fingerprint density at radius 1 is 0.414 bits per heavy atom. The number of anilines is 3. The summed E-state index contributed by atoms with van der Waals surface area (Å²) in [5.74, 6) is 0. The van der Waals surface area contributed by atoms with Crippen LogP contribution in [0.15, 0.2) is 211 Å². The molecule has 0 fully saturated rings. The maximum absolute atomic E-state index is 6.97. The molecule has 58 heavy (non-hydrogen) atoms. The van der Waals surface area contributed by atoms with Gasteiger partial charge in [0.2, 0.25) is 0 Å². The molecule has 0 aliphatic rings. The first-order valence-corrected chi connectivity index (χ1v) is 20.5. The van der Waals surface area contributed by atoms with E-state index >= 15 is 0 Å². The lowest BCUT2D eigenvalue weighted by molar-refractivity contribution is 0.670. The van der Waals surface area contributed by atoms with Gasteiger partial charge in [-0.3, -0.25) is 0 Å². The molecule has 0 saturated heterocycles. The van der Waals surface area contributed by atoms with Gasteiger partial charge in [0.05, 0.1) is 27.8 Å². The normalized spacial score (nSPS) is 11.8. The van der Waals surface area contributed by atoms with Crippen LogP contribution >= 0.6 is 11.3 Å². The molecule has 0 radical (unpaired) electrons. The van der Waals surface area contributed by atoms with Gasteiger partial charge in [0.1, 0.15) is 11.2 Å². The minimum absolute atomic E-state index is 0.860. The van der Waals surface area contributed by atoms with Crippen molar-refractivity contribution >= 4 is 92.3 Å². The van der Waals surface area contributed by atoms with Crippen LogP contribution in [0.1, 0.15) is 0 Å². The SMILES string of the molecule is c1ccc(N(c2cccc(-c3ccc4sc5ccccc5c4c3)c2)c2ccc(-c3ccccc3-n3c4ccccc4c4ccccc43)c3oc4ccccc4c23)cc1. The average molecular weight is 759 g/mol. The number of furan rings is 1. The van der Waals surface area contributed by atoms with Crippen molar-refractivity contribution in [2.45, 2.75) is 0 Å². The van der Waals surface area contributed by atoms with Crippen molar-refractivity contribution in [3.8, 4) is 27.9 Å². The Morgan fingerprint density at radius 2 is 1.05 bits per heavy atom. The van der Waals surface area contributed by atoms with Gasteiger partial charge in [-0.2, -0.15) is 0 Å². The Kier molecular flexibility index (Phi) is 7.40. The number of rotatable bonds is 6. The van der Waals surface area contributed by atoms with Crippen molar-refractivity contribution in [2.24, 2.45) is 0 Å². The van der Waals surface area contributed by atoms with E-state index in [0.29, 0.717) is 0 Å². The smallest absolute Gasteiger partial charge is 0.145 e. The lowest BCUT2D eigenvalue weighted by Gasteiger charge is -2.27. The molecule has 4 heteroatoms. The molecule has 0 aliphatic carbocycles. The Labute approximate surface area is 338 Å². The first kappa shape index (κ1) is 32.8. The molecular formula is C54H34N2OS. The fourth-order valence-corrected chi connectivity index (χ4v) is 10.1. The number of benzene rings is 9. The van der Waals surface area contributed by atoms with Gasteiger partial charge in [0.15, 0.2) is 0 Å². The van der Waals surface area contributed by atoms with E-state index in [-0.39, 0.29) is 0 Å². The van der Waals surface area contributed by atoms with Gasteiger partial charge in [-0.15, -0.1) is 11.3 Å². The molecule has 0 unspecified atom stereocenters. The molecule has 0 atom stereocenters. The van der Waals surface area contributed by atoms with Gasteiger partial charge in [0.25, 0.3) is 0 Å². The van der Waals surface area contributed by atoms with E-state index in [1.165, 1.54) is 53.1 Å². The second kappa shape index (κ2) is 13.1. The van der Waals surface area contributed by atoms with Gasteiger partial charge >= 0.3 is 0 Å². The predicted octanol–water partition coefficient (Wildman–Crippen LogP) is 15.9. The summed E-state index contributed by atoms with van der Waals surface area (Å²) in [5.41, 5.74) is 12.9. The molecular weight excluding hydrogens is 725 g/mol. The largest absolute Gasteiger partial charge is 0.455 e. The number of nitrogens with zero attached hydrogens (tertiary/aromatic N) is 2. The number of hydrogen-bond donors (Lipinski definition) is 0. The number of aromatic nitrogens is 1. The van der Waals surface area contributed by atoms with Crippen LogP contribution in [-0.2, 0) is 0 Å². The second-order valence-corrected chi connectivity index (χ2v) is 15.9. The Balaban J connectivity index is 1.08. The minimum Gasteiger partial charge on any atom is -0.455 e. The van der Waals surface area contributed by atoms with Crippen molar-refractivity contribution in [1.82, 2.24) is 4.57 Å². The first-order chi connectivity index (χ1) is 28.8. The summed E-state index contributed by atoms with van der Waals surface area (Å²) in [6.45, 7) is 0. The summed E-state index contributed by atoms with van der Waals surface area (Å²) in [4.78, 5) is 2.38. The topological polar surface area (TPSA) is 21.3 Å². The highest BCUT2D eigenvalue weighted by Gasteiger charge is 2.24. The van der Waals surface area contributed by atoms with E-state index in [4.69, 9.17) is 4.42 Å². The van der Waals surface area contributed by atoms with E-state index in [9.17, 15) is 0 Å². The predicted molar refractivity (Wildman–Crippen MR) is 247 cm³/mol. The van der Waals surface area contributed by atoms with E-state index in [1.54, 1.807) is 0 Å². The van der Waals surface area contributed by atoms with Crippen LogP contribution in [0.25, 0.3) is 91.9 Å². The van der Waals surface area contributed by atoms with E-state index in [1.807, 2.05) is 11.3 Å². The van der Waals surface area contributed by atoms with Crippen LogP contribution in [-0.4, -0.2) is 4.57 Å². The zero-order valence-corrected chi connectivity index (χ0v) is 32.2. The maximum atomic E-state index is 6.97. The lowest BCUT2D eigenvalue weighted by atomic mass is 9.98. The molecule has 0 N–H and O–H groups in total. The molecule has 3 nitrogen and oxygen atoms in total. The van der Waals surface area contributed by atoms with E-state index in [2.05, 4.69) is 216 Å². The molecule has 12 rings (SSSR count). The van der Waals surface area contributed by atoms with Gasteiger partial charge in [-0.25, -0.2) is 0 Å². The highest BCUT2D eigenvalue weighted by molar-refractivity contribution is 7.25. The van der Waals surface area contributed by atoms with Gasteiger partial charge < -0.3 is 13.9 Å². The van der Waals surface area contributed by atoms with Crippen molar-refractivity contribution in [1.29, 1.82) is 0 Å². The standard InChI is InChI=1S/C54H34N2OS/c1-2-16-37(17-3-1)55(38-18-14-15-35(33-38)36-29-32-52-45(34-36)42-22-8-13-28-51(42)58-52)49-31-30-43(54-53(49)44-23-7-12-27-50(44)57-54)41-21-6-11-26-48(41)56-46-24-9-4-19-39(46)40-20-5-10-25-47(40)56/h1-34H. The van der Waals surface area contributed by atoms with Crippen molar-refractivity contribution in [2.75, 3.05) is 4.90 Å². The second-order valence-electron chi connectivity index (χ2n) is 14.9. The molecule has 9 aromatic carbocycles. The average Bonchev–Trinajstić information content (AvgIpc) is 3.97. The van der Waals surface area contributed by atoms with Crippen LogP contribution in [0.5, 0.6) is 0 Å². The summed E-state index contributed by atoms with van der Waals surface area (Å²) >= 11 is 1.85. The highest BCUT2D eigenvalue weighted by atomic mass is 32.1. The third kappa shape index (κ3) is 5.05. The molecule has 0 spiro atoms. The van der Waals surface area contributed by atoms with Crippen LogP contribution in [0, 0.1) is 0 Å². The zero-order chi connectivity index (χ0) is 38.2. The van der Waals surface area contributed by atoms with Crippen molar-refractivity contribution < 1.29 is 4.42 Å². The quantitative estimate of drug-likeness (QED) is 0.168. The van der Waals surface area contributed by atoms with Gasteiger partial charge in [0, 0.05) is 58.8 Å². The first-order valence-electron chi connectivity index (χ1n) is 19.7. The summed E-state index contributed by atoms with van der Waals surface area (Å²) in [7, 11) is 0. The molecule has 0 saturated carbocycles. The third-order valence-corrected chi connectivity index (χ3v) is 12.7. The van der Waals surface area contributed by atoms with Crippen molar-refractivity contribution in [3.05, 3.63) is 206 Å². The fraction of sp³-hybridized carbons (Fsp3) is 0. The fourth-order valence-electron chi connectivity index (χ4n) is 9.02. The molecule has 0 amide bonds. The summed E-state index contributed by atoms with van der Waals surface area (Å²) < 4.78 is 12.0. The Hall–Kier alpha value is -7.40. The van der Waals surface area contributed by atoms with Gasteiger partial charge in [-0.1, -0.05) is 127 Å².